The maximum absolute atomic E-state index is 12.5. The maximum Gasteiger partial charge on any atom is 0.412 e. The van der Waals surface area contributed by atoms with Gasteiger partial charge >= 0.3 is 12.1 Å². The van der Waals surface area contributed by atoms with E-state index in [0.717, 1.165) is 41.8 Å². The van der Waals surface area contributed by atoms with Gasteiger partial charge in [0, 0.05) is 14.3 Å². The molecule has 5 rings (SSSR count). The van der Waals surface area contributed by atoms with Crippen LogP contribution in [0.4, 0.5) is 15.5 Å². The van der Waals surface area contributed by atoms with Crippen LogP contribution in [0.3, 0.4) is 0 Å². The summed E-state index contributed by atoms with van der Waals surface area (Å²) in [7, 11) is 0. The Morgan fingerprint density at radius 2 is 1.94 bits per heavy atom. The second kappa shape index (κ2) is 9.00. The van der Waals surface area contributed by atoms with Gasteiger partial charge in [0.15, 0.2) is 5.69 Å². The predicted octanol–water partition coefficient (Wildman–Crippen LogP) is 6.14. The van der Waals surface area contributed by atoms with Crippen LogP contribution in [0.15, 0.2) is 36.4 Å². The van der Waals surface area contributed by atoms with E-state index >= 15 is 0 Å². The van der Waals surface area contributed by atoms with Gasteiger partial charge in [-0.05, 0) is 73.3 Å². The lowest BCUT2D eigenvalue weighted by Crippen LogP contribution is -2.17. The highest BCUT2D eigenvalue weighted by atomic mass is 32.1. The third-order valence-electron chi connectivity index (χ3n) is 6.00. The summed E-state index contributed by atoms with van der Waals surface area (Å²) in [6.45, 7) is 3.78. The largest absolute Gasteiger partial charge is 0.481 e. The normalized spacial score (nSPS) is 14.7. The van der Waals surface area contributed by atoms with Gasteiger partial charge in [0.2, 0.25) is 0 Å². The third-order valence-corrected chi connectivity index (χ3v) is 9.09. The molecule has 0 spiro atoms. The van der Waals surface area contributed by atoms with Crippen molar-refractivity contribution in [2.24, 2.45) is 0 Å². The Balaban J connectivity index is 1.30. The highest BCUT2D eigenvalue weighted by molar-refractivity contribution is 7.28. The number of rotatable bonds is 5. The third kappa shape index (κ3) is 4.50. The van der Waals surface area contributed by atoms with E-state index < -0.39 is 23.6 Å². The molecule has 35 heavy (non-hydrogen) atoms. The number of hydrogen-bond donors (Lipinski definition) is 3. The second-order valence-corrected chi connectivity index (χ2v) is 11.4. The Bertz CT molecular complexity index is 1490. The number of benzene rings is 1. The first-order valence-corrected chi connectivity index (χ1v) is 13.2. The van der Waals surface area contributed by atoms with E-state index in [-0.39, 0.29) is 0 Å². The molecule has 3 heterocycles. The van der Waals surface area contributed by atoms with Gasteiger partial charge < -0.3 is 15.6 Å². The van der Waals surface area contributed by atoms with E-state index in [1.54, 1.807) is 0 Å². The number of anilines is 2. The molecule has 1 aromatic carbocycles. The summed E-state index contributed by atoms with van der Waals surface area (Å²) in [5, 5.41) is 12.6. The Kier molecular flexibility index (Phi) is 6.01. The topological polar surface area (TPSA) is 115 Å². The van der Waals surface area contributed by atoms with E-state index in [0.29, 0.717) is 29.2 Å². The number of carboxylic acid groups (broad SMARTS) is 1. The van der Waals surface area contributed by atoms with Crippen molar-refractivity contribution in [3.63, 3.8) is 0 Å². The number of hydrogen-bond acceptors (Lipinski definition) is 8. The minimum Gasteiger partial charge on any atom is -0.481 e. The van der Waals surface area contributed by atoms with Crippen molar-refractivity contribution >= 4 is 66.4 Å². The molecular weight excluding hydrogens is 502 g/mol. The summed E-state index contributed by atoms with van der Waals surface area (Å²) in [6, 6.07) is 11.7. The molecule has 1 aliphatic carbocycles. The van der Waals surface area contributed by atoms with Gasteiger partial charge in [-0.3, -0.25) is 10.1 Å². The van der Waals surface area contributed by atoms with Crippen molar-refractivity contribution < 1.29 is 19.4 Å². The number of nitrogens with two attached hydrogens (primary N) is 1. The zero-order valence-corrected chi connectivity index (χ0v) is 21.3. The van der Waals surface area contributed by atoms with Crippen LogP contribution in [0.25, 0.3) is 9.40 Å². The number of nitrogen functional groups attached to an aromatic ring is 1. The molecule has 1 fully saturated rings. The number of carbonyl (C=O) groups excluding carboxylic acids is 1. The van der Waals surface area contributed by atoms with Crippen LogP contribution in [-0.2, 0) is 14.9 Å². The summed E-state index contributed by atoms with van der Waals surface area (Å²) in [5.41, 5.74) is 8.00. The Morgan fingerprint density at radius 1 is 1.20 bits per heavy atom. The first-order valence-electron chi connectivity index (χ1n) is 10.8. The maximum atomic E-state index is 12.5. The minimum atomic E-state index is -0.751. The molecule has 0 aliphatic heterocycles. The standard InChI is InChI=1S/C25H21N3O4S3/c1-13-5-3-4-6-16(13)14(2)32-24(31)27-21-17(28-35-22(21)26)8-7-15-11-18-19(33-15)12-20(34-18)25(9-10-25)23(29)30/h3-6,11-12,14H,9-10,26H2,1-2H3,(H,27,31)(H,29,30). The highest BCUT2D eigenvalue weighted by Gasteiger charge is 2.53. The summed E-state index contributed by atoms with van der Waals surface area (Å²) in [6.07, 6.45) is 0.317. The lowest BCUT2D eigenvalue weighted by Gasteiger charge is -2.16. The predicted molar refractivity (Wildman–Crippen MR) is 140 cm³/mol. The Morgan fingerprint density at radius 3 is 2.63 bits per heavy atom. The molecule has 4 aromatic rings. The molecule has 3 aromatic heterocycles. The molecule has 10 heteroatoms. The number of aromatic nitrogens is 1. The van der Waals surface area contributed by atoms with Crippen LogP contribution < -0.4 is 11.1 Å². The first-order chi connectivity index (χ1) is 16.8. The fourth-order valence-electron chi connectivity index (χ4n) is 3.85. The molecule has 4 N–H and O–H groups in total. The molecular formula is C25H21N3O4S3. The number of amides is 1. The quantitative estimate of drug-likeness (QED) is 0.271. The zero-order chi connectivity index (χ0) is 24.7. The molecule has 7 nitrogen and oxygen atoms in total. The number of carbonyl (C=O) groups is 2. The van der Waals surface area contributed by atoms with E-state index in [1.165, 1.54) is 22.7 Å². The highest BCUT2D eigenvalue weighted by Crippen LogP contribution is 2.52. The molecule has 1 unspecified atom stereocenters. The van der Waals surface area contributed by atoms with Crippen molar-refractivity contribution in [1.82, 2.24) is 4.37 Å². The van der Waals surface area contributed by atoms with Crippen LogP contribution >= 0.6 is 34.2 Å². The smallest absolute Gasteiger partial charge is 0.412 e. The molecule has 0 bridgehead atoms. The van der Waals surface area contributed by atoms with Crippen LogP contribution in [0.1, 0.15) is 52.4 Å². The van der Waals surface area contributed by atoms with Crippen molar-refractivity contribution in [1.29, 1.82) is 0 Å². The number of nitrogens with one attached hydrogen (secondary N) is 1. The molecule has 1 aliphatic rings. The fourth-order valence-corrected chi connectivity index (χ4v) is 6.91. The van der Waals surface area contributed by atoms with Gasteiger partial charge in [0.25, 0.3) is 0 Å². The SMILES string of the molecule is Cc1ccccc1C(C)OC(=O)Nc1c(C#Cc2cc3sc(C4(C(=O)O)CC4)cc3s2)nsc1N. The number of fused-ring (bicyclic) bond motifs is 1. The lowest BCUT2D eigenvalue weighted by atomic mass is 10.1. The van der Waals surface area contributed by atoms with Gasteiger partial charge in [-0.15, -0.1) is 22.7 Å². The number of thiophene rings is 2. The summed E-state index contributed by atoms with van der Waals surface area (Å²) < 4.78 is 11.8. The molecule has 1 saturated carbocycles. The van der Waals surface area contributed by atoms with Crippen molar-refractivity contribution in [2.45, 2.75) is 38.2 Å². The van der Waals surface area contributed by atoms with Gasteiger partial charge in [-0.25, -0.2) is 4.79 Å². The number of aliphatic carboxylic acids is 1. The number of carboxylic acids is 1. The van der Waals surface area contributed by atoms with Gasteiger partial charge in [0.05, 0.1) is 4.88 Å². The Hall–Kier alpha value is -3.39. The van der Waals surface area contributed by atoms with Crippen molar-refractivity contribution in [3.8, 4) is 11.8 Å². The van der Waals surface area contributed by atoms with Gasteiger partial charge in [-0.1, -0.05) is 24.3 Å². The first kappa shape index (κ1) is 23.4. The average Bonchev–Trinajstić information content (AvgIpc) is 3.25. The van der Waals surface area contributed by atoms with Crippen LogP contribution in [-0.4, -0.2) is 21.5 Å². The lowest BCUT2D eigenvalue weighted by molar-refractivity contribution is -0.139. The van der Waals surface area contributed by atoms with E-state index in [4.69, 9.17) is 10.5 Å². The molecule has 0 saturated heterocycles. The van der Waals surface area contributed by atoms with Gasteiger partial charge in [-0.2, -0.15) is 4.37 Å². The van der Waals surface area contributed by atoms with Crippen LogP contribution in [0.5, 0.6) is 0 Å². The molecule has 0 radical (unpaired) electrons. The molecule has 1 atom stereocenters. The van der Waals surface area contributed by atoms with Gasteiger partial charge in [0.1, 0.15) is 22.2 Å². The van der Waals surface area contributed by atoms with E-state index in [1.807, 2.05) is 50.2 Å². The summed E-state index contributed by atoms with van der Waals surface area (Å²) in [4.78, 5) is 25.9. The van der Waals surface area contributed by atoms with Crippen molar-refractivity contribution in [2.75, 3.05) is 11.1 Å². The minimum absolute atomic E-state index is 0.335. The van der Waals surface area contributed by atoms with Crippen LogP contribution in [0, 0.1) is 18.8 Å². The zero-order valence-electron chi connectivity index (χ0n) is 18.9. The van der Waals surface area contributed by atoms with Crippen LogP contribution in [0.2, 0.25) is 0 Å². The number of nitrogens with zero attached hydrogens (tertiary/aromatic N) is 1. The average molecular weight is 524 g/mol. The van der Waals surface area contributed by atoms with E-state index in [9.17, 15) is 14.7 Å². The fraction of sp³-hybridized carbons (Fsp3) is 0.240. The molecule has 178 valence electrons. The number of aryl methyl sites for hydroxylation is 1. The number of ether oxygens (including phenoxy) is 1. The van der Waals surface area contributed by atoms with E-state index in [2.05, 4.69) is 21.5 Å². The van der Waals surface area contributed by atoms with Crippen molar-refractivity contribution in [3.05, 3.63) is 63.0 Å². The Labute approximate surface area is 213 Å². The monoisotopic (exact) mass is 523 g/mol. The second-order valence-electron chi connectivity index (χ2n) is 8.39. The summed E-state index contributed by atoms with van der Waals surface area (Å²) >= 11 is 4.07. The summed E-state index contributed by atoms with van der Waals surface area (Å²) in [5.74, 6) is 5.33. The molecule has 1 amide bonds.